The third-order valence-corrected chi connectivity index (χ3v) is 5.07. The van der Waals surface area contributed by atoms with Gasteiger partial charge in [-0.05, 0) is 36.4 Å². The van der Waals surface area contributed by atoms with Crippen molar-refractivity contribution in [2.24, 2.45) is 0 Å². The number of thioether (sulfide) groups is 1. The summed E-state index contributed by atoms with van der Waals surface area (Å²) in [5.41, 5.74) is -0.496. The van der Waals surface area contributed by atoms with E-state index < -0.39 is 53.3 Å². The molecule has 2 amide bonds. The van der Waals surface area contributed by atoms with Gasteiger partial charge in [-0.3, -0.25) is 14.2 Å². The van der Waals surface area contributed by atoms with Crippen LogP contribution in [0.25, 0.3) is 5.69 Å². The van der Waals surface area contributed by atoms with Crippen molar-refractivity contribution in [3.05, 3.63) is 71.6 Å². The highest BCUT2D eigenvalue weighted by molar-refractivity contribution is 7.99. The molecular formula is C20H14F4N4O4S. The summed E-state index contributed by atoms with van der Waals surface area (Å²) in [6.07, 6.45) is 1.08. The fourth-order valence-corrected chi connectivity index (χ4v) is 3.43. The number of rotatable bonds is 8. The second-order valence-corrected chi connectivity index (χ2v) is 7.32. The highest BCUT2D eigenvalue weighted by Crippen LogP contribution is 2.24. The van der Waals surface area contributed by atoms with Crippen molar-refractivity contribution in [1.29, 1.82) is 0 Å². The number of halogens is 4. The minimum Gasteiger partial charge on any atom is -0.477 e. The molecule has 0 radical (unpaired) electrons. The number of carbonyl (C=O) groups excluding carboxylic acids is 2. The number of anilines is 1. The topological polar surface area (TPSA) is 113 Å². The molecule has 8 nitrogen and oxygen atoms in total. The zero-order valence-electron chi connectivity index (χ0n) is 16.4. The highest BCUT2D eigenvalue weighted by atomic mass is 32.2. The third-order valence-electron chi connectivity index (χ3n) is 4.12. The van der Waals surface area contributed by atoms with Crippen LogP contribution in [0, 0.1) is 23.3 Å². The summed E-state index contributed by atoms with van der Waals surface area (Å²) < 4.78 is 54.2. The molecule has 3 aromatic rings. The second kappa shape index (κ2) is 10.2. The van der Waals surface area contributed by atoms with Gasteiger partial charge in [0.05, 0.1) is 24.2 Å². The Morgan fingerprint density at radius 2 is 1.67 bits per heavy atom. The number of amides is 2. The van der Waals surface area contributed by atoms with Crippen LogP contribution in [0.15, 0.2) is 47.8 Å². The number of nitrogens with one attached hydrogen (secondary N) is 2. The van der Waals surface area contributed by atoms with Gasteiger partial charge in [0.1, 0.15) is 5.82 Å². The zero-order valence-corrected chi connectivity index (χ0v) is 17.3. The average Bonchev–Trinajstić information content (AvgIpc) is 3.21. The Hall–Kier alpha value is -3.87. The van der Waals surface area contributed by atoms with Crippen molar-refractivity contribution in [2.45, 2.75) is 5.16 Å². The maximum atomic E-state index is 13.6. The molecule has 3 N–H and O–H groups in total. The van der Waals surface area contributed by atoms with Gasteiger partial charge in [-0.2, -0.15) is 0 Å². The molecule has 0 fully saturated rings. The smallest absolute Gasteiger partial charge is 0.354 e. The van der Waals surface area contributed by atoms with Gasteiger partial charge in [0, 0.05) is 5.69 Å². The molecule has 0 atom stereocenters. The molecule has 1 aromatic heterocycles. The Balaban J connectivity index is 1.60. The first-order valence-corrected chi connectivity index (χ1v) is 10.1. The summed E-state index contributed by atoms with van der Waals surface area (Å²) in [5.74, 6) is -8.36. The second-order valence-electron chi connectivity index (χ2n) is 6.38. The molecule has 0 aliphatic carbocycles. The normalized spacial score (nSPS) is 10.7. The summed E-state index contributed by atoms with van der Waals surface area (Å²) in [4.78, 5) is 39.4. The predicted octanol–water partition coefficient (Wildman–Crippen LogP) is 2.97. The van der Waals surface area contributed by atoms with Crippen LogP contribution in [-0.4, -0.2) is 44.7 Å². The van der Waals surface area contributed by atoms with Crippen molar-refractivity contribution in [3.63, 3.8) is 0 Å². The molecule has 1 heterocycles. The lowest BCUT2D eigenvalue weighted by atomic mass is 10.2. The van der Waals surface area contributed by atoms with Crippen molar-refractivity contribution in [1.82, 2.24) is 14.9 Å². The van der Waals surface area contributed by atoms with Gasteiger partial charge < -0.3 is 15.7 Å². The van der Waals surface area contributed by atoms with Crippen LogP contribution < -0.4 is 10.6 Å². The number of hydrogen-bond acceptors (Lipinski definition) is 5. The summed E-state index contributed by atoms with van der Waals surface area (Å²) in [6, 6.07) is 6.42. The number of benzene rings is 2. The van der Waals surface area contributed by atoms with Gasteiger partial charge >= 0.3 is 5.97 Å². The van der Waals surface area contributed by atoms with E-state index in [-0.39, 0.29) is 16.6 Å². The fourth-order valence-electron chi connectivity index (χ4n) is 2.60. The highest BCUT2D eigenvalue weighted by Gasteiger charge is 2.19. The van der Waals surface area contributed by atoms with E-state index in [1.54, 1.807) is 0 Å². The standard InChI is InChI=1S/C20H14F4N4O4S/c21-10-1-3-11(4-2-10)28-14(19(31)32)7-26-20(28)33-9-16(30)25-8-15(29)27-13-6-5-12(22)17(23)18(13)24/h1-7H,8-9H2,(H,25,30)(H,27,29)(H,31,32). The van der Waals surface area contributed by atoms with E-state index >= 15 is 0 Å². The Bertz CT molecular complexity index is 1220. The Morgan fingerprint density at radius 3 is 2.33 bits per heavy atom. The van der Waals surface area contributed by atoms with E-state index in [1.807, 2.05) is 5.32 Å². The molecule has 0 saturated carbocycles. The van der Waals surface area contributed by atoms with E-state index in [0.29, 0.717) is 11.8 Å². The fraction of sp³-hybridized carbons (Fsp3) is 0.100. The summed E-state index contributed by atoms with van der Waals surface area (Å²) in [5, 5.41) is 13.7. The first-order chi connectivity index (χ1) is 15.7. The molecule has 13 heteroatoms. The summed E-state index contributed by atoms with van der Waals surface area (Å²) in [7, 11) is 0. The number of aromatic nitrogens is 2. The molecule has 33 heavy (non-hydrogen) atoms. The first-order valence-electron chi connectivity index (χ1n) is 9.07. The average molecular weight is 482 g/mol. The van der Waals surface area contributed by atoms with Crippen LogP contribution in [0.5, 0.6) is 0 Å². The minimum absolute atomic E-state index is 0.127. The van der Waals surface area contributed by atoms with Crippen LogP contribution in [0.2, 0.25) is 0 Å². The Labute approximate surface area is 187 Å². The number of nitrogens with zero attached hydrogens (tertiary/aromatic N) is 2. The van der Waals surface area contributed by atoms with E-state index in [9.17, 15) is 37.1 Å². The molecule has 2 aromatic carbocycles. The lowest BCUT2D eigenvalue weighted by Crippen LogP contribution is -2.34. The van der Waals surface area contributed by atoms with Gasteiger partial charge in [0.2, 0.25) is 11.8 Å². The summed E-state index contributed by atoms with van der Waals surface area (Å²) >= 11 is 0.854. The monoisotopic (exact) mass is 482 g/mol. The van der Waals surface area contributed by atoms with Crippen LogP contribution in [0.4, 0.5) is 23.2 Å². The van der Waals surface area contributed by atoms with Crippen molar-refractivity contribution in [3.8, 4) is 5.69 Å². The quantitative estimate of drug-likeness (QED) is 0.259. The molecule has 0 saturated heterocycles. The van der Waals surface area contributed by atoms with E-state index in [0.717, 1.165) is 36.2 Å². The molecule has 3 rings (SSSR count). The number of hydrogen-bond donors (Lipinski definition) is 3. The molecule has 0 bridgehead atoms. The first kappa shape index (κ1) is 23.8. The van der Waals surface area contributed by atoms with Crippen LogP contribution >= 0.6 is 11.8 Å². The SMILES string of the molecule is O=C(CSc1ncc(C(=O)O)n1-c1ccc(F)cc1)NCC(=O)Nc1ccc(F)c(F)c1F. The van der Waals surface area contributed by atoms with Gasteiger partial charge in [-0.1, -0.05) is 11.8 Å². The molecule has 0 unspecified atom stereocenters. The maximum Gasteiger partial charge on any atom is 0.354 e. The molecule has 0 spiro atoms. The van der Waals surface area contributed by atoms with Crippen LogP contribution in [-0.2, 0) is 9.59 Å². The lowest BCUT2D eigenvalue weighted by molar-refractivity contribution is -0.122. The maximum absolute atomic E-state index is 13.6. The van der Waals surface area contributed by atoms with E-state index in [4.69, 9.17) is 0 Å². The van der Waals surface area contributed by atoms with Gasteiger partial charge in [0.15, 0.2) is 28.3 Å². The Morgan fingerprint density at radius 1 is 0.970 bits per heavy atom. The number of aromatic carboxylic acids is 1. The van der Waals surface area contributed by atoms with Gasteiger partial charge in [-0.25, -0.2) is 27.3 Å². The molecule has 0 aliphatic heterocycles. The third kappa shape index (κ3) is 5.68. The number of carbonyl (C=O) groups is 3. The van der Waals surface area contributed by atoms with Crippen LogP contribution in [0.1, 0.15) is 10.5 Å². The van der Waals surface area contributed by atoms with Crippen molar-refractivity contribution in [2.75, 3.05) is 17.6 Å². The van der Waals surface area contributed by atoms with Crippen LogP contribution in [0.3, 0.4) is 0 Å². The van der Waals surface area contributed by atoms with E-state index in [2.05, 4.69) is 10.3 Å². The van der Waals surface area contributed by atoms with Crippen molar-refractivity contribution >= 4 is 35.2 Å². The van der Waals surface area contributed by atoms with Crippen molar-refractivity contribution < 1.29 is 37.1 Å². The largest absolute Gasteiger partial charge is 0.477 e. The number of carboxylic acids is 1. The number of imidazole rings is 1. The van der Waals surface area contributed by atoms with Gasteiger partial charge in [-0.15, -0.1) is 0 Å². The number of carboxylic acid groups (broad SMARTS) is 1. The Kier molecular flexibility index (Phi) is 7.33. The van der Waals surface area contributed by atoms with E-state index in [1.165, 1.54) is 16.7 Å². The summed E-state index contributed by atoms with van der Waals surface area (Å²) in [6.45, 7) is -0.593. The van der Waals surface area contributed by atoms with Gasteiger partial charge in [0.25, 0.3) is 0 Å². The minimum atomic E-state index is -1.74. The molecular weight excluding hydrogens is 468 g/mol. The molecule has 172 valence electrons. The zero-order chi connectivity index (χ0) is 24.1. The lowest BCUT2D eigenvalue weighted by Gasteiger charge is -2.10. The molecule has 0 aliphatic rings. The predicted molar refractivity (Wildman–Crippen MR) is 109 cm³/mol.